The summed E-state index contributed by atoms with van der Waals surface area (Å²) >= 11 is 5.77. The summed E-state index contributed by atoms with van der Waals surface area (Å²) in [5.74, 6) is -1.76. The number of carbonyl (C=O) groups is 2. The summed E-state index contributed by atoms with van der Waals surface area (Å²) in [7, 11) is 0. The molecule has 120 valence electrons. The molecule has 0 radical (unpaired) electrons. The number of morpholine rings is 1. The Morgan fingerprint density at radius 1 is 1.27 bits per heavy atom. The average molecular weight is 328 g/mol. The fourth-order valence-corrected chi connectivity index (χ4v) is 2.19. The predicted molar refractivity (Wildman–Crippen MR) is 82.0 cm³/mol. The Labute approximate surface area is 133 Å². The quantitative estimate of drug-likeness (QED) is 0.551. The molecule has 0 saturated carbocycles. The molecule has 0 spiro atoms. The lowest BCUT2D eigenvalue weighted by atomic mass is 10.3. The number of hydrogen-bond acceptors (Lipinski definition) is 5. The van der Waals surface area contributed by atoms with Gasteiger partial charge in [0.15, 0.2) is 0 Å². The largest absolute Gasteiger partial charge is 0.506 e. The van der Waals surface area contributed by atoms with Crippen molar-refractivity contribution in [3.8, 4) is 5.75 Å². The van der Waals surface area contributed by atoms with Gasteiger partial charge < -0.3 is 20.5 Å². The molecule has 0 aromatic heterocycles. The number of nitrogens with zero attached hydrogens (tertiary/aromatic N) is 1. The third kappa shape index (κ3) is 4.87. The van der Waals surface area contributed by atoms with Crippen molar-refractivity contribution in [2.75, 3.05) is 44.7 Å². The zero-order chi connectivity index (χ0) is 15.9. The fourth-order valence-electron chi connectivity index (χ4n) is 2.02. The van der Waals surface area contributed by atoms with Crippen LogP contribution >= 0.6 is 11.6 Å². The predicted octanol–water partition coefficient (Wildman–Crippen LogP) is 0.432. The van der Waals surface area contributed by atoms with E-state index in [1.165, 1.54) is 18.2 Å². The second kappa shape index (κ2) is 7.98. The average Bonchev–Trinajstić information content (AvgIpc) is 2.52. The first-order chi connectivity index (χ1) is 10.6. The number of nitrogens with one attached hydrogen (secondary N) is 2. The topological polar surface area (TPSA) is 90.9 Å². The van der Waals surface area contributed by atoms with E-state index in [9.17, 15) is 14.7 Å². The van der Waals surface area contributed by atoms with Crippen molar-refractivity contribution in [3.63, 3.8) is 0 Å². The summed E-state index contributed by atoms with van der Waals surface area (Å²) in [5, 5.41) is 14.8. The fraction of sp³-hybridized carbons (Fsp3) is 0.429. The summed E-state index contributed by atoms with van der Waals surface area (Å²) in [6.45, 7) is 4.03. The van der Waals surface area contributed by atoms with Gasteiger partial charge >= 0.3 is 11.8 Å². The third-order valence-electron chi connectivity index (χ3n) is 3.23. The lowest BCUT2D eigenvalue weighted by molar-refractivity contribution is -0.136. The van der Waals surface area contributed by atoms with Crippen LogP contribution in [0.25, 0.3) is 0 Å². The van der Waals surface area contributed by atoms with E-state index < -0.39 is 11.8 Å². The van der Waals surface area contributed by atoms with Crippen LogP contribution in [-0.4, -0.2) is 61.2 Å². The molecule has 1 aromatic rings. The highest BCUT2D eigenvalue weighted by molar-refractivity contribution is 6.40. The van der Waals surface area contributed by atoms with Crippen molar-refractivity contribution >= 4 is 29.1 Å². The van der Waals surface area contributed by atoms with Gasteiger partial charge in [0.25, 0.3) is 0 Å². The summed E-state index contributed by atoms with van der Waals surface area (Å²) < 4.78 is 5.22. The second-order valence-corrected chi connectivity index (χ2v) is 5.26. The monoisotopic (exact) mass is 327 g/mol. The number of amides is 2. The van der Waals surface area contributed by atoms with Crippen LogP contribution in [0, 0.1) is 0 Å². The zero-order valence-corrected chi connectivity index (χ0v) is 12.7. The third-order valence-corrected chi connectivity index (χ3v) is 3.47. The maximum atomic E-state index is 11.7. The van der Waals surface area contributed by atoms with Gasteiger partial charge in [0.2, 0.25) is 0 Å². The van der Waals surface area contributed by atoms with Crippen LogP contribution in [0.2, 0.25) is 5.02 Å². The number of aromatic hydroxyl groups is 1. The molecule has 1 saturated heterocycles. The van der Waals surface area contributed by atoms with E-state index in [2.05, 4.69) is 15.5 Å². The first kappa shape index (κ1) is 16.5. The van der Waals surface area contributed by atoms with E-state index in [1.807, 2.05) is 0 Å². The van der Waals surface area contributed by atoms with Crippen LogP contribution in [0.3, 0.4) is 0 Å². The van der Waals surface area contributed by atoms with Gasteiger partial charge in [-0.2, -0.15) is 0 Å². The number of hydrogen-bond donors (Lipinski definition) is 3. The minimum absolute atomic E-state index is 0.0980. The Kier molecular flexibility index (Phi) is 6.00. The number of benzene rings is 1. The molecule has 8 heteroatoms. The molecular formula is C14H18ClN3O4. The van der Waals surface area contributed by atoms with Gasteiger partial charge in [0, 0.05) is 31.2 Å². The van der Waals surface area contributed by atoms with Crippen molar-refractivity contribution in [2.24, 2.45) is 0 Å². The minimum atomic E-state index is -0.848. The molecule has 1 aliphatic heterocycles. The molecule has 1 aromatic carbocycles. The van der Waals surface area contributed by atoms with Gasteiger partial charge in [-0.3, -0.25) is 14.5 Å². The minimum Gasteiger partial charge on any atom is -0.506 e. The number of phenols is 1. The standard InChI is InChI=1S/C14H18ClN3O4/c15-10-1-2-12(19)11(9-10)17-14(21)13(20)16-3-4-18-5-7-22-8-6-18/h1-2,9,19H,3-8H2,(H,16,20)(H,17,21). The van der Waals surface area contributed by atoms with Gasteiger partial charge in [-0.1, -0.05) is 11.6 Å². The van der Waals surface area contributed by atoms with Crippen molar-refractivity contribution < 1.29 is 19.4 Å². The van der Waals surface area contributed by atoms with E-state index >= 15 is 0 Å². The van der Waals surface area contributed by atoms with Crippen LogP contribution in [0.1, 0.15) is 0 Å². The second-order valence-electron chi connectivity index (χ2n) is 4.83. The maximum absolute atomic E-state index is 11.7. The number of halogens is 1. The number of rotatable bonds is 4. The first-order valence-electron chi connectivity index (χ1n) is 6.94. The summed E-state index contributed by atoms with van der Waals surface area (Å²) in [5.41, 5.74) is 0.0980. The van der Waals surface area contributed by atoms with E-state index in [4.69, 9.17) is 16.3 Å². The van der Waals surface area contributed by atoms with Crippen molar-refractivity contribution in [3.05, 3.63) is 23.2 Å². The van der Waals surface area contributed by atoms with E-state index in [1.54, 1.807) is 0 Å². The molecule has 2 amide bonds. The van der Waals surface area contributed by atoms with Crippen LogP contribution in [-0.2, 0) is 14.3 Å². The van der Waals surface area contributed by atoms with Gasteiger partial charge in [-0.25, -0.2) is 0 Å². The van der Waals surface area contributed by atoms with Crippen LogP contribution in [0.15, 0.2) is 18.2 Å². The Bertz CT molecular complexity index is 547. The number of carbonyl (C=O) groups excluding carboxylic acids is 2. The molecule has 0 bridgehead atoms. The molecule has 0 atom stereocenters. The Hall–Kier alpha value is -1.83. The first-order valence-corrected chi connectivity index (χ1v) is 7.32. The molecule has 3 N–H and O–H groups in total. The van der Waals surface area contributed by atoms with Crippen LogP contribution in [0.4, 0.5) is 5.69 Å². The van der Waals surface area contributed by atoms with Gasteiger partial charge in [-0.15, -0.1) is 0 Å². The molecule has 7 nitrogen and oxygen atoms in total. The molecule has 1 fully saturated rings. The molecule has 22 heavy (non-hydrogen) atoms. The van der Waals surface area contributed by atoms with Crippen LogP contribution < -0.4 is 10.6 Å². The summed E-state index contributed by atoms with van der Waals surface area (Å²) in [6.07, 6.45) is 0. The smallest absolute Gasteiger partial charge is 0.313 e. The number of anilines is 1. The number of ether oxygens (including phenoxy) is 1. The highest BCUT2D eigenvalue weighted by Crippen LogP contribution is 2.26. The van der Waals surface area contributed by atoms with Crippen molar-refractivity contribution in [1.29, 1.82) is 0 Å². The maximum Gasteiger partial charge on any atom is 0.313 e. The van der Waals surface area contributed by atoms with E-state index in [0.717, 1.165) is 13.1 Å². The zero-order valence-electron chi connectivity index (χ0n) is 12.0. The Morgan fingerprint density at radius 2 is 2.00 bits per heavy atom. The lowest BCUT2D eigenvalue weighted by Crippen LogP contribution is -2.43. The lowest BCUT2D eigenvalue weighted by Gasteiger charge is -2.26. The van der Waals surface area contributed by atoms with E-state index in [-0.39, 0.29) is 11.4 Å². The van der Waals surface area contributed by atoms with Gasteiger partial charge in [-0.05, 0) is 18.2 Å². The molecular weight excluding hydrogens is 310 g/mol. The highest BCUT2D eigenvalue weighted by atomic mass is 35.5. The van der Waals surface area contributed by atoms with Crippen molar-refractivity contribution in [1.82, 2.24) is 10.2 Å². The Balaban J connectivity index is 1.76. The molecule has 1 aliphatic rings. The SMILES string of the molecule is O=C(NCCN1CCOCC1)C(=O)Nc1cc(Cl)ccc1O. The number of phenolic OH excluding ortho intramolecular Hbond substituents is 1. The normalized spacial score (nSPS) is 15.3. The molecule has 0 unspecified atom stereocenters. The molecule has 0 aliphatic carbocycles. The van der Waals surface area contributed by atoms with Gasteiger partial charge in [0.1, 0.15) is 5.75 Å². The molecule has 2 rings (SSSR count). The van der Waals surface area contributed by atoms with E-state index in [0.29, 0.717) is 31.3 Å². The van der Waals surface area contributed by atoms with Crippen LogP contribution in [0.5, 0.6) is 5.75 Å². The van der Waals surface area contributed by atoms with Crippen molar-refractivity contribution in [2.45, 2.75) is 0 Å². The Morgan fingerprint density at radius 3 is 2.73 bits per heavy atom. The van der Waals surface area contributed by atoms with Gasteiger partial charge in [0.05, 0.1) is 18.9 Å². The summed E-state index contributed by atoms with van der Waals surface area (Å²) in [6, 6.07) is 4.19. The summed E-state index contributed by atoms with van der Waals surface area (Å²) in [4.78, 5) is 25.6. The highest BCUT2D eigenvalue weighted by Gasteiger charge is 2.16. The molecule has 1 heterocycles.